The summed E-state index contributed by atoms with van der Waals surface area (Å²) in [6.45, 7) is 9.67. The molecular weight excluding hydrogens is 512 g/mol. The van der Waals surface area contributed by atoms with Crippen molar-refractivity contribution >= 4 is 46.8 Å². The number of aliphatic hydroxyl groups is 1. The molecular formula is C28H35ClN2O5S. The summed E-state index contributed by atoms with van der Waals surface area (Å²) >= 11 is 7.68. The molecule has 2 unspecified atom stereocenters. The molecule has 3 aliphatic rings. The first-order valence-corrected chi connectivity index (χ1v) is 14.2. The second kappa shape index (κ2) is 11.6. The minimum Gasteiger partial charge on any atom is -0.465 e. The number of carbonyl (C=O) groups is 3. The van der Waals surface area contributed by atoms with E-state index in [0.29, 0.717) is 30.0 Å². The number of likely N-dealkylation sites (tertiary alicyclic amines) is 1. The second-order valence-corrected chi connectivity index (χ2v) is 11.9. The lowest BCUT2D eigenvalue weighted by atomic mass is 9.71. The third-order valence-corrected chi connectivity index (χ3v) is 10.0. The Labute approximate surface area is 227 Å². The van der Waals surface area contributed by atoms with Crippen LogP contribution < -0.4 is 4.90 Å². The highest BCUT2D eigenvalue weighted by Crippen LogP contribution is 2.67. The van der Waals surface area contributed by atoms with Crippen molar-refractivity contribution in [3.63, 3.8) is 0 Å². The Balaban J connectivity index is 1.72. The fourth-order valence-corrected chi connectivity index (χ4v) is 8.48. The molecule has 9 heteroatoms. The molecule has 0 aliphatic carbocycles. The van der Waals surface area contributed by atoms with E-state index in [2.05, 4.69) is 13.2 Å². The van der Waals surface area contributed by atoms with E-state index in [1.165, 1.54) is 0 Å². The molecule has 1 aromatic rings. The number of rotatable bonds is 12. The molecule has 1 N–H and O–H groups in total. The normalized spacial score (nSPS) is 28.6. The van der Waals surface area contributed by atoms with Gasteiger partial charge >= 0.3 is 5.97 Å². The predicted molar refractivity (Wildman–Crippen MR) is 147 cm³/mol. The number of amides is 2. The Morgan fingerprint density at radius 1 is 1.32 bits per heavy atom. The average molecular weight is 547 g/mol. The Bertz CT molecular complexity index is 1050. The molecule has 3 saturated heterocycles. The summed E-state index contributed by atoms with van der Waals surface area (Å²) in [7, 11) is 0. The Hall–Kier alpha value is -2.29. The third kappa shape index (κ3) is 4.84. The molecule has 2 bridgehead atoms. The zero-order valence-corrected chi connectivity index (χ0v) is 22.8. The lowest BCUT2D eigenvalue weighted by Gasteiger charge is -2.39. The van der Waals surface area contributed by atoms with Gasteiger partial charge in [-0.15, -0.1) is 24.9 Å². The van der Waals surface area contributed by atoms with Crippen molar-refractivity contribution in [1.29, 1.82) is 0 Å². The van der Waals surface area contributed by atoms with Crippen LogP contribution in [-0.2, 0) is 19.1 Å². The van der Waals surface area contributed by atoms with Gasteiger partial charge in [0.25, 0.3) is 5.91 Å². The van der Waals surface area contributed by atoms with E-state index < -0.39 is 28.7 Å². The van der Waals surface area contributed by atoms with Gasteiger partial charge in [0.05, 0.1) is 35.8 Å². The largest absolute Gasteiger partial charge is 0.465 e. The number of hydrogen-bond acceptors (Lipinski definition) is 6. The van der Waals surface area contributed by atoms with Crippen LogP contribution >= 0.6 is 23.4 Å². The van der Waals surface area contributed by atoms with Gasteiger partial charge in [0.2, 0.25) is 5.91 Å². The number of nitrogens with zero attached hydrogens (tertiary/aromatic N) is 2. The SMILES string of the molecule is C=CCCCOC(=O)[C@@H]1[C@@H]2CCC3(S2)C(C(=O)N(CC=C)c2ccc(Cl)cc2)N([C@@H](CC)CO)C(=O)[C@H]13. The van der Waals surface area contributed by atoms with E-state index in [1.807, 2.05) is 6.92 Å². The molecule has 1 spiro atoms. The summed E-state index contributed by atoms with van der Waals surface area (Å²) in [6.07, 6.45) is 6.71. The summed E-state index contributed by atoms with van der Waals surface area (Å²) in [5.41, 5.74) is 0.648. The molecule has 0 aromatic heterocycles. The van der Waals surface area contributed by atoms with Crippen LogP contribution in [0.1, 0.15) is 39.0 Å². The number of unbranched alkanes of at least 4 members (excludes halogenated alkanes) is 1. The fraction of sp³-hybridized carbons (Fsp3) is 0.536. The molecule has 0 radical (unpaired) electrons. The molecule has 4 rings (SSSR count). The van der Waals surface area contributed by atoms with E-state index in [0.717, 1.165) is 12.8 Å². The third-order valence-electron chi connectivity index (χ3n) is 7.83. The lowest BCUT2D eigenvalue weighted by molar-refractivity contribution is -0.154. The van der Waals surface area contributed by atoms with Gasteiger partial charge in [-0.25, -0.2) is 0 Å². The number of anilines is 1. The van der Waals surface area contributed by atoms with Crippen molar-refractivity contribution in [2.75, 3.05) is 24.7 Å². The standard InChI is InChI=1S/C28H35ClN2O5S/c1-4-7-8-16-36-27(35)22-21-13-14-28(37-21)23(22)25(33)31(19(6-3)17-32)24(28)26(34)30(15-5-2)20-11-9-18(29)10-12-20/h4-5,9-12,19,21-24,32H,1-2,6-8,13-17H2,3H3/t19-,21-,22+,23-,24?,28?/m0/s1. The molecule has 0 saturated carbocycles. The van der Waals surface area contributed by atoms with Gasteiger partial charge < -0.3 is 19.6 Å². The van der Waals surface area contributed by atoms with Gasteiger partial charge in [-0.05, 0) is 56.4 Å². The van der Waals surface area contributed by atoms with Crippen LogP contribution in [0.5, 0.6) is 0 Å². The first-order chi connectivity index (χ1) is 17.8. The molecule has 2 amide bonds. The van der Waals surface area contributed by atoms with E-state index in [1.54, 1.807) is 58.0 Å². The van der Waals surface area contributed by atoms with Crippen molar-refractivity contribution in [2.24, 2.45) is 11.8 Å². The summed E-state index contributed by atoms with van der Waals surface area (Å²) in [5.74, 6) is -2.11. The number of carbonyl (C=O) groups excluding carboxylic acids is 3. The number of allylic oxidation sites excluding steroid dienone is 1. The summed E-state index contributed by atoms with van der Waals surface area (Å²) < 4.78 is 4.85. The molecule has 3 heterocycles. The first kappa shape index (κ1) is 27.7. The number of hydrogen-bond donors (Lipinski definition) is 1. The highest BCUT2D eigenvalue weighted by Gasteiger charge is 2.74. The number of benzene rings is 1. The van der Waals surface area contributed by atoms with E-state index in [4.69, 9.17) is 16.3 Å². The van der Waals surface area contributed by atoms with E-state index >= 15 is 0 Å². The number of esters is 1. The Morgan fingerprint density at radius 3 is 2.68 bits per heavy atom. The lowest BCUT2D eigenvalue weighted by Crippen LogP contribution is -2.57. The van der Waals surface area contributed by atoms with Crippen molar-refractivity contribution in [3.8, 4) is 0 Å². The van der Waals surface area contributed by atoms with Crippen molar-refractivity contribution in [3.05, 3.63) is 54.6 Å². The summed E-state index contributed by atoms with van der Waals surface area (Å²) in [5, 5.41) is 10.7. The number of aliphatic hydroxyl groups excluding tert-OH is 1. The van der Waals surface area contributed by atoms with Crippen LogP contribution in [-0.4, -0.2) is 69.6 Å². The molecule has 7 nitrogen and oxygen atoms in total. The average Bonchev–Trinajstić information content (AvgIpc) is 3.54. The summed E-state index contributed by atoms with van der Waals surface area (Å²) in [6, 6.07) is 5.64. The molecule has 6 atom stereocenters. The van der Waals surface area contributed by atoms with Crippen molar-refractivity contribution in [1.82, 2.24) is 4.90 Å². The van der Waals surface area contributed by atoms with Gasteiger partial charge in [-0.3, -0.25) is 14.4 Å². The minimum atomic E-state index is -0.814. The zero-order chi connectivity index (χ0) is 26.7. The smallest absolute Gasteiger partial charge is 0.310 e. The molecule has 37 heavy (non-hydrogen) atoms. The topological polar surface area (TPSA) is 87.2 Å². The van der Waals surface area contributed by atoms with Crippen LogP contribution in [0, 0.1) is 11.8 Å². The van der Waals surface area contributed by atoms with Crippen molar-refractivity contribution in [2.45, 2.75) is 61.1 Å². The monoisotopic (exact) mass is 546 g/mol. The maximum atomic E-state index is 14.4. The van der Waals surface area contributed by atoms with Gasteiger partial charge in [0, 0.05) is 22.5 Å². The van der Waals surface area contributed by atoms with Gasteiger partial charge in [-0.1, -0.05) is 30.7 Å². The number of thioether (sulfide) groups is 1. The Kier molecular flexibility index (Phi) is 8.71. The minimum absolute atomic E-state index is 0.0732. The second-order valence-electron chi connectivity index (χ2n) is 9.86. The number of fused-ring (bicyclic) bond motifs is 1. The maximum Gasteiger partial charge on any atom is 0.310 e. The van der Waals surface area contributed by atoms with Crippen LogP contribution in [0.2, 0.25) is 5.02 Å². The van der Waals surface area contributed by atoms with Gasteiger partial charge in [0.1, 0.15) is 6.04 Å². The van der Waals surface area contributed by atoms with Crippen LogP contribution in [0.4, 0.5) is 5.69 Å². The summed E-state index contributed by atoms with van der Waals surface area (Å²) in [4.78, 5) is 44.9. The first-order valence-electron chi connectivity index (χ1n) is 12.9. The number of ether oxygens (including phenoxy) is 1. The molecule has 3 fully saturated rings. The van der Waals surface area contributed by atoms with Crippen LogP contribution in [0.15, 0.2) is 49.6 Å². The highest BCUT2D eigenvalue weighted by molar-refractivity contribution is 8.02. The highest BCUT2D eigenvalue weighted by atomic mass is 35.5. The maximum absolute atomic E-state index is 14.4. The van der Waals surface area contributed by atoms with Gasteiger partial charge in [-0.2, -0.15) is 0 Å². The van der Waals surface area contributed by atoms with Crippen molar-refractivity contribution < 1.29 is 24.2 Å². The quantitative estimate of drug-likeness (QED) is 0.240. The van der Waals surface area contributed by atoms with E-state index in [-0.39, 0.29) is 42.8 Å². The molecule has 1 aromatic carbocycles. The fourth-order valence-electron chi connectivity index (χ4n) is 6.16. The predicted octanol–water partition coefficient (Wildman–Crippen LogP) is 4.23. The number of halogens is 1. The zero-order valence-electron chi connectivity index (χ0n) is 21.2. The van der Waals surface area contributed by atoms with E-state index in [9.17, 15) is 19.5 Å². The van der Waals surface area contributed by atoms with Crippen LogP contribution in [0.3, 0.4) is 0 Å². The molecule has 200 valence electrons. The van der Waals surface area contributed by atoms with Gasteiger partial charge in [0.15, 0.2) is 0 Å². The van der Waals surface area contributed by atoms with Crippen LogP contribution in [0.25, 0.3) is 0 Å². The Morgan fingerprint density at radius 2 is 2.05 bits per heavy atom. The molecule has 3 aliphatic heterocycles.